The summed E-state index contributed by atoms with van der Waals surface area (Å²) < 4.78 is 11.7. The topological polar surface area (TPSA) is 176 Å². The molecule has 3 aromatic carbocycles. The third-order valence-electron chi connectivity index (χ3n) is 6.23. The highest BCUT2D eigenvalue weighted by molar-refractivity contribution is 5.99. The molecule has 5 rings (SSSR count). The van der Waals surface area contributed by atoms with Crippen LogP contribution in [-0.4, -0.2) is 56.8 Å². The average molecular weight is 566 g/mol. The van der Waals surface area contributed by atoms with Crippen LogP contribution in [0.5, 0.6) is 23.4 Å². The summed E-state index contributed by atoms with van der Waals surface area (Å²) in [4.78, 5) is 38.1. The van der Waals surface area contributed by atoms with Crippen LogP contribution in [0.1, 0.15) is 27.0 Å². The fourth-order valence-electron chi connectivity index (χ4n) is 4.22. The maximum atomic E-state index is 12.2. The maximum Gasteiger partial charge on any atom is 0.373 e. The molecule has 13 heteroatoms. The number of rotatable bonds is 10. The number of amidine groups is 1. The van der Waals surface area contributed by atoms with Crippen LogP contribution >= 0.6 is 0 Å². The molecule has 0 saturated heterocycles. The molecular weight excluding hydrogens is 542 g/mol. The SMILES string of the molecule is CN1CCN=C1c1cccc(Oc2nc(NCc3ccccc3)c([N+](=O)[O-])c(Oc3ccc(C#N)c(C(=O)O)c3)n2)c1. The van der Waals surface area contributed by atoms with Crippen molar-refractivity contribution < 1.29 is 24.3 Å². The number of nitrogens with one attached hydrogen (secondary N) is 1. The van der Waals surface area contributed by atoms with Crippen molar-refractivity contribution in [2.45, 2.75) is 6.54 Å². The Balaban J connectivity index is 1.55. The van der Waals surface area contributed by atoms with Gasteiger partial charge in [0.2, 0.25) is 5.82 Å². The van der Waals surface area contributed by atoms with Gasteiger partial charge in [0.1, 0.15) is 23.4 Å². The smallest absolute Gasteiger partial charge is 0.373 e. The number of carboxylic acid groups (broad SMARTS) is 1. The average Bonchev–Trinajstić information content (AvgIpc) is 3.42. The summed E-state index contributed by atoms with van der Waals surface area (Å²) in [6.45, 7) is 1.67. The molecule has 1 aliphatic rings. The molecule has 0 spiro atoms. The van der Waals surface area contributed by atoms with Crippen molar-refractivity contribution in [2.24, 2.45) is 4.99 Å². The number of carbonyl (C=O) groups is 1. The van der Waals surface area contributed by atoms with E-state index in [4.69, 9.17) is 9.47 Å². The van der Waals surface area contributed by atoms with Gasteiger partial charge in [-0.1, -0.05) is 42.5 Å². The number of carboxylic acids is 1. The molecule has 1 aromatic heterocycles. The summed E-state index contributed by atoms with van der Waals surface area (Å²) >= 11 is 0. The van der Waals surface area contributed by atoms with Crippen molar-refractivity contribution >= 4 is 23.3 Å². The zero-order valence-electron chi connectivity index (χ0n) is 22.2. The van der Waals surface area contributed by atoms with Crippen molar-refractivity contribution in [2.75, 3.05) is 25.5 Å². The highest BCUT2D eigenvalue weighted by Gasteiger charge is 2.28. The van der Waals surface area contributed by atoms with E-state index in [1.165, 1.54) is 12.1 Å². The van der Waals surface area contributed by atoms with Gasteiger partial charge in [-0.15, -0.1) is 0 Å². The minimum atomic E-state index is -1.36. The van der Waals surface area contributed by atoms with E-state index in [2.05, 4.69) is 20.3 Å². The zero-order chi connectivity index (χ0) is 29.6. The lowest BCUT2D eigenvalue weighted by molar-refractivity contribution is -0.385. The number of anilines is 1. The molecular formula is C29H23N7O6. The molecule has 0 bridgehead atoms. The van der Waals surface area contributed by atoms with E-state index < -0.39 is 22.5 Å². The van der Waals surface area contributed by atoms with E-state index in [0.29, 0.717) is 12.3 Å². The first-order valence-corrected chi connectivity index (χ1v) is 12.7. The summed E-state index contributed by atoms with van der Waals surface area (Å²) in [7, 11) is 1.94. The second kappa shape index (κ2) is 12.0. The highest BCUT2D eigenvalue weighted by atomic mass is 16.6. The van der Waals surface area contributed by atoms with Crippen LogP contribution in [0.25, 0.3) is 0 Å². The maximum absolute atomic E-state index is 12.2. The van der Waals surface area contributed by atoms with Gasteiger partial charge in [0.25, 0.3) is 0 Å². The van der Waals surface area contributed by atoms with E-state index >= 15 is 0 Å². The molecule has 1 aliphatic heterocycles. The summed E-state index contributed by atoms with van der Waals surface area (Å²) in [5.74, 6) is -0.951. The molecule has 0 atom stereocenters. The third kappa shape index (κ3) is 6.07. The van der Waals surface area contributed by atoms with Crippen molar-refractivity contribution in [1.29, 1.82) is 5.26 Å². The van der Waals surface area contributed by atoms with Crippen LogP contribution in [-0.2, 0) is 6.54 Å². The Morgan fingerprint density at radius 3 is 2.57 bits per heavy atom. The van der Waals surface area contributed by atoms with Gasteiger partial charge in [-0.05, 0) is 35.9 Å². The van der Waals surface area contributed by atoms with Crippen molar-refractivity contribution in [3.8, 4) is 29.5 Å². The Labute approximate surface area is 239 Å². The van der Waals surface area contributed by atoms with Crippen LogP contribution in [0.15, 0.2) is 77.8 Å². The molecule has 4 aromatic rings. The van der Waals surface area contributed by atoms with Crippen LogP contribution in [0.3, 0.4) is 0 Å². The minimum Gasteiger partial charge on any atom is -0.478 e. The first kappa shape index (κ1) is 27.5. The van der Waals surface area contributed by atoms with Crippen LogP contribution in [0.4, 0.5) is 11.5 Å². The number of hydrogen-bond donors (Lipinski definition) is 2. The molecule has 0 unspecified atom stereocenters. The first-order valence-electron chi connectivity index (χ1n) is 12.7. The molecule has 0 saturated carbocycles. The van der Waals surface area contributed by atoms with Crippen molar-refractivity contribution in [3.05, 3.63) is 105 Å². The van der Waals surface area contributed by atoms with E-state index in [-0.39, 0.29) is 35.2 Å². The minimum absolute atomic E-state index is 0.0857. The monoisotopic (exact) mass is 565 g/mol. The number of nitrogens with zero attached hydrogens (tertiary/aromatic N) is 6. The Morgan fingerprint density at radius 1 is 1.10 bits per heavy atom. The molecule has 42 heavy (non-hydrogen) atoms. The zero-order valence-corrected chi connectivity index (χ0v) is 22.2. The lowest BCUT2D eigenvalue weighted by Crippen LogP contribution is -2.23. The Bertz CT molecular complexity index is 1740. The molecule has 13 nitrogen and oxygen atoms in total. The first-order chi connectivity index (χ1) is 20.3. The number of aromatic nitrogens is 2. The number of aromatic carboxylic acids is 1. The number of likely N-dealkylation sites (N-methyl/N-ethyl adjacent to an activating group) is 1. The van der Waals surface area contributed by atoms with Crippen LogP contribution in [0.2, 0.25) is 0 Å². The lowest BCUT2D eigenvalue weighted by Gasteiger charge is -2.15. The molecule has 0 aliphatic carbocycles. The van der Waals surface area contributed by atoms with E-state index in [1.807, 2.05) is 48.3 Å². The van der Waals surface area contributed by atoms with Gasteiger partial charge in [0.15, 0.2) is 0 Å². The quantitative estimate of drug-likeness (QED) is 0.199. The Kier molecular flexibility index (Phi) is 7.87. The molecule has 2 heterocycles. The Hall–Kier alpha value is -6.03. The van der Waals surface area contributed by atoms with E-state index in [0.717, 1.165) is 29.6 Å². The highest BCUT2D eigenvalue weighted by Crippen LogP contribution is 2.38. The summed E-state index contributed by atoms with van der Waals surface area (Å²) in [6, 6.07) is 21.5. The number of nitro groups is 1. The van der Waals surface area contributed by atoms with Gasteiger partial charge in [0, 0.05) is 25.7 Å². The number of ether oxygens (including phenoxy) is 2. The third-order valence-corrected chi connectivity index (χ3v) is 6.23. The number of hydrogen-bond acceptors (Lipinski definition) is 11. The largest absolute Gasteiger partial charge is 0.478 e. The number of benzene rings is 3. The normalized spacial score (nSPS) is 12.3. The van der Waals surface area contributed by atoms with Crippen molar-refractivity contribution in [1.82, 2.24) is 14.9 Å². The standard InChI is InChI=1S/C29H23N7O6/c1-35-13-12-31-26(35)19-8-5-9-21(14-19)42-29-33-25(32-17-18-6-3-2-4-7-18)24(36(39)40)27(34-29)41-22-11-10-20(16-30)23(15-22)28(37)38/h2-11,14-15H,12-13,17H2,1H3,(H,37,38)(H,32,33,34). The summed E-state index contributed by atoms with van der Waals surface area (Å²) in [5.41, 5.74) is 0.630. The molecule has 210 valence electrons. The van der Waals surface area contributed by atoms with Gasteiger partial charge in [-0.25, -0.2) is 4.79 Å². The van der Waals surface area contributed by atoms with Crippen LogP contribution < -0.4 is 14.8 Å². The van der Waals surface area contributed by atoms with Crippen LogP contribution in [0, 0.1) is 21.4 Å². The van der Waals surface area contributed by atoms with Gasteiger partial charge in [0.05, 0.1) is 22.6 Å². The summed E-state index contributed by atoms with van der Waals surface area (Å²) in [6.07, 6.45) is 0. The van der Waals surface area contributed by atoms with E-state index in [9.17, 15) is 25.3 Å². The Morgan fingerprint density at radius 2 is 1.88 bits per heavy atom. The summed E-state index contributed by atoms with van der Waals surface area (Å²) in [5, 5.41) is 33.9. The van der Waals surface area contributed by atoms with Gasteiger partial charge >= 0.3 is 23.5 Å². The second-order valence-corrected chi connectivity index (χ2v) is 9.09. The lowest BCUT2D eigenvalue weighted by atomic mass is 10.1. The van der Waals surface area contributed by atoms with Gasteiger partial charge in [-0.2, -0.15) is 15.2 Å². The molecule has 0 amide bonds. The van der Waals surface area contributed by atoms with Gasteiger partial charge in [-0.3, -0.25) is 15.1 Å². The van der Waals surface area contributed by atoms with Gasteiger partial charge < -0.3 is 24.8 Å². The van der Waals surface area contributed by atoms with Crippen molar-refractivity contribution in [3.63, 3.8) is 0 Å². The number of nitriles is 1. The second-order valence-electron chi connectivity index (χ2n) is 9.09. The molecule has 0 radical (unpaired) electrons. The number of aliphatic imine (C=N–C) groups is 1. The molecule has 2 N–H and O–H groups in total. The predicted octanol–water partition coefficient (Wildman–Crippen LogP) is 4.84. The fraction of sp³-hybridized carbons (Fsp3) is 0.138. The molecule has 0 fully saturated rings. The van der Waals surface area contributed by atoms with E-state index in [1.54, 1.807) is 24.3 Å². The fourth-order valence-corrected chi connectivity index (χ4v) is 4.22. The predicted molar refractivity (Wildman–Crippen MR) is 151 cm³/mol.